The number of aromatic nitrogens is 1. The second-order valence-corrected chi connectivity index (χ2v) is 3.96. The summed E-state index contributed by atoms with van der Waals surface area (Å²) in [6.07, 6.45) is 0. The first kappa shape index (κ1) is 7.21. The molecule has 2 heterocycles. The van der Waals surface area contributed by atoms with Gasteiger partial charge >= 0.3 is 0 Å². The molecule has 0 bridgehead atoms. The van der Waals surface area contributed by atoms with Gasteiger partial charge in [0.15, 0.2) is 0 Å². The van der Waals surface area contributed by atoms with Crippen molar-refractivity contribution in [2.75, 3.05) is 11.2 Å². The third-order valence-corrected chi connectivity index (χ3v) is 3.03. The van der Waals surface area contributed by atoms with E-state index in [4.69, 9.17) is 0 Å². The second kappa shape index (κ2) is 2.64. The molecule has 0 radical (unpaired) electrons. The van der Waals surface area contributed by atoms with Crippen LogP contribution in [-0.4, -0.2) is 10.9 Å². The number of rotatable bonds is 0. The Balaban J connectivity index is 2.36. The lowest BCUT2D eigenvalue weighted by atomic mass is 10.2. The van der Waals surface area contributed by atoms with E-state index in [2.05, 4.69) is 28.5 Å². The van der Waals surface area contributed by atoms with Gasteiger partial charge in [0.05, 0.1) is 17.1 Å². The number of nitrogens with zero attached hydrogens (tertiary/aromatic N) is 1. The molecule has 0 spiro atoms. The molecule has 0 amide bonds. The topological polar surface area (TPSA) is 24.9 Å². The van der Waals surface area contributed by atoms with Gasteiger partial charge in [0.2, 0.25) is 0 Å². The first-order chi connectivity index (χ1) is 6.43. The van der Waals surface area contributed by atoms with Crippen LogP contribution >= 0.6 is 11.8 Å². The van der Waals surface area contributed by atoms with E-state index in [1.807, 2.05) is 12.1 Å². The first-order valence-electron chi connectivity index (χ1n) is 4.20. The highest BCUT2D eigenvalue weighted by molar-refractivity contribution is 7.99. The number of hydrogen-bond acceptors (Lipinski definition) is 3. The van der Waals surface area contributed by atoms with Crippen molar-refractivity contribution in [1.82, 2.24) is 4.98 Å². The van der Waals surface area contributed by atoms with Crippen LogP contribution < -0.4 is 5.32 Å². The van der Waals surface area contributed by atoms with Crippen LogP contribution in [0.1, 0.15) is 0 Å². The second-order valence-electron chi connectivity index (χ2n) is 3.00. The molecular weight excluding hydrogens is 180 g/mol. The van der Waals surface area contributed by atoms with Gasteiger partial charge in [-0.25, -0.2) is 4.98 Å². The van der Waals surface area contributed by atoms with E-state index < -0.39 is 0 Å². The minimum atomic E-state index is 0.943. The number of pyridine rings is 1. The molecule has 1 N–H and O–H groups in total. The van der Waals surface area contributed by atoms with Gasteiger partial charge in [-0.3, -0.25) is 0 Å². The van der Waals surface area contributed by atoms with Crippen LogP contribution in [-0.2, 0) is 0 Å². The molecule has 1 aliphatic rings. The number of nitrogens with one attached hydrogen (secondary N) is 1. The molecule has 13 heavy (non-hydrogen) atoms. The predicted molar refractivity (Wildman–Crippen MR) is 56.1 cm³/mol. The summed E-state index contributed by atoms with van der Waals surface area (Å²) in [4.78, 5) is 4.56. The van der Waals surface area contributed by atoms with Crippen LogP contribution in [0.4, 0.5) is 5.69 Å². The Morgan fingerprint density at radius 3 is 3.23 bits per heavy atom. The molecule has 0 fully saturated rings. The quantitative estimate of drug-likeness (QED) is 0.688. The van der Waals surface area contributed by atoms with Gasteiger partial charge in [-0.05, 0) is 12.1 Å². The van der Waals surface area contributed by atoms with Crippen LogP contribution in [0.15, 0.2) is 35.4 Å². The van der Waals surface area contributed by atoms with Gasteiger partial charge in [0.1, 0.15) is 5.03 Å². The van der Waals surface area contributed by atoms with Crippen LogP contribution in [0, 0.1) is 0 Å². The van der Waals surface area contributed by atoms with Crippen LogP contribution in [0.3, 0.4) is 0 Å². The van der Waals surface area contributed by atoms with E-state index in [9.17, 15) is 0 Å². The standard InChI is InChI=1S/C10H8N2S/c1-2-4-8-7(3-1)5-9-10(12-8)13-6-11-9/h1-5,11H,6H2. The van der Waals surface area contributed by atoms with E-state index in [0.717, 1.165) is 16.4 Å². The van der Waals surface area contributed by atoms with Crippen LogP contribution in [0.2, 0.25) is 0 Å². The van der Waals surface area contributed by atoms with Crippen molar-refractivity contribution in [2.24, 2.45) is 0 Å². The van der Waals surface area contributed by atoms with Crippen molar-refractivity contribution < 1.29 is 0 Å². The average molecular weight is 188 g/mol. The molecule has 0 saturated heterocycles. The van der Waals surface area contributed by atoms with Crippen molar-refractivity contribution in [2.45, 2.75) is 5.03 Å². The molecule has 0 atom stereocenters. The molecule has 0 saturated carbocycles. The smallest absolute Gasteiger partial charge is 0.122 e. The van der Waals surface area contributed by atoms with E-state index in [1.54, 1.807) is 11.8 Å². The number of benzene rings is 1. The number of fused-ring (bicyclic) bond motifs is 2. The summed E-state index contributed by atoms with van der Waals surface area (Å²) in [5, 5.41) is 5.62. The number of thioether (sulfide) groups is 1. The normalized spacial score (nSPS) is 14.2. The number of hydrogen-bond donors (Lipinski definition) is 1. The third kappa shape index (κ3) is 1.08. The average Bonchev–Trinajstić information content (AvgIpc) is 2.61. The highest BCUT2D eigenvalue weighted by atomic mass is 32.2. The van der Waals surface area contributed by atoms with Gasteiger partial charge in [-0.15, -0.1) is 0 Å². The minimum absolute atomic E-state index is 0.943. The zero-order valence-electron chi connectivity index (χ0n) is 6.95. The molecular formula is C10H8N2S. The molecule has 64 valence electrons. The van der Waals surface area contributed by atoms with Gasteiger partial charge in [-0.2, -0.15) is 0 Å². The Morgan fingerprint density at radius 2 is 2.23 bits per heavy atom. The summed E-state index contributed by atoms with van der Waals surface area (Å²) in [6, 6.07) is 10.4. The van der Waals surface area contributed by atoms with E-state index in [-0.39, 0.29) is 0 Å². The molecule has 1 aliphatic heterocycles. The molecule has 0 aliphatic carbocycles. The Bertz CT molecular complexity index is 425. The molecule has 2 nitrogen and oxygen atoms in total. The van der Waals surface area contributed by atoms with Crippen LogP contribution in [0.25, 0.3) is 10.9 Å². The highest BCUT2D eigenvalue weighted by Gasteiger charge is 2.12. The van der Waals surface area contributed by atoms with E-state index in [1.165, 1.54) is 11.1 Å². The van der Waals surface area contributed by atoms with Crippen molar-refractivity contribution in [3.63, 3.8) is 0 Å². The molecule has 3 rings (SSSR count). The number of anilines is 1. The van der Waals surface area contributed by atoms with Crippen molar-refractivity contribution in [3.8, 4) is 0 Å². The summed E-state index contributed by atoms with van der Waals surface area (Å²) >= 11 is 1.76. The summed E-state index contributed by atoms with van der Waals surface area (Å²) in [6.45, 7) is 0. The van der Waals surface area contributed by atoms with Crippen molar-refractivity contribution >= 4 is 28.4 Å². The maximum atomic E-state index is 4.56. The fraction of sp³-hybridized carbons (Fsp3) is 0.100. The van der Waals surface area contributed by atoms with Crippen molar-refractivity contribution in [3.05, 3.63) is 30.3 Å². The summed E-state index contributed by atoms with van der Waals surface area (Å²) in [5.74, 6) is 0.943. The molecule has 2 aromatic rings. The lowest BCUT2D eigenvalue weighted by molar-refractivity contribution is 1.21. The summed E-state index contributed by atoms with van der Waals surface area (Å²) in [5.41, 5.74) is 2.25. The molecule has 3 heteroatoms. The zero-order chi connectivity index (χ0) is 8.67. The molecule has 1 aromatic heterocycles. The van der Waals surface area contributed by atoms with Crippen molar-refractivity contribution in [1.29, 1.82) is 0 Å². The fourth-order valence-corrected chi connectivity index (χ4v) is 2.33. The molecule has 1 aromatic carbocycles. The Labute approximate surface area is 80.4 Å². The van der Waals surface area contributed by atoms with Gasteiger partial charge < -0.3 is 5.32 Å². The van der Waals surface area contributed by atoms with E-state index >= 15 is 0 Å². The minimum Gasteiger partial charge on any atom is -0.373 e. The van der Waals surface area contributed by atoms with Gasteiger partial charge in [0.25, 0.3) is 0 Å². The number of para-hydroxylation sites is 1. The summed E-state index contributed by atoms with van der Waals surface area (Å²) < 4.78 is 0. The highest BCUT2D eigenvalue weighted by Crippen LogP contribution is 2.33. The first-order valence-corrected chi connectivity index (χ1v) is 5.18. The maximum absolute atomic E-state index is 4.56. The lowest BCUT2D eigenvalue weighted by Crippen LogP contribution is -1.88. The van der Waals surface area contributed by atoms with Gasteiger partial charge in [-0.1, -0.05) is 30.0 Å². The summed E-state index contributed by atoms with van der Waals surface area (Å²) in [7, 11) is 0. The Morgan fingerprint density at radius 1 is 1.31 bits per heavy atom. The largest absolute Gasteiger partial charge is 0.373 e. The lowest BCUT2D eigenvalue weighted by Gasteiger charge is -2.00. The van der Waals surface area contributed by atoms with Gasteiger partial charge in [0, 0.05) is 5.39 Å². The fourth-order valence-electron chi connectivity index (χ4n) is 1.52. The molecule has 0 unspecified atom stereocenters. The third-order valence-electron chi connectivity index (χ3n) is 2.16. The Hall–Kier alpha value is -1.22. The monoisotopic (exact) mass is 188 g/mol. The zero-order valence-corrected chi connectivity index (χ0v) is 7.77. The maximum Gasteiger partial charge on any atom is 0.122 e. The van der Waals surface area contributed by atoms with Crippen LogP contribution in [0.5, 0.6) is 0 Å². The predicted octanol–water partition coefficient (Wildman–Crippen LogP) is 2.71. The Kier molecular flexibility index (Phi) is 1.46. The van der Waals surface area contributed by atoms with E-state index in [0.29, 0.717) is 0 Å². The SMILES string of the molecule is c1ccc2nc3c(cc2c1)NCS3.